The number of carbonyl (C=O) groups excluding carboxylic acids is 1. The predicted molar refractivity (Wildman–Crippen MR) is 110 cm³/mol. The van der Waals surface area contributed by atoms with Crippen LogP contribution in [0.15, 0.2) is 48.5 Å². The average Bonchev–Trinajstić information content (AvgIpc) is 2.64. The Hall–Kier alpha value is -3.35. The first kappa shape index (κ1) is 20.4. The van der Waals surface area contributed by atoms with Crippen LogP contribution in [0.5, 0.6) is 0 Å². The van der Waals surface area contributed by atoms with E-state index in [4.69, 9.17) is 0 Å². The monoisotopic (exact) mass is 396 g/mol. The fourth-order valence-electron chi connectivity index (χ4n) is 2.72. The van der Waals surface area contributed by atoms with Crippen LogP contribution in [0.2, 0.25) is 0 Å². The highest BCUT2D eigenvalue weighted by Crippen LogP contribution is 2.24. The molecule has 3 aromatic rings. The van der Waals surface area contributed by atoms with Gasteiger partial charge in [0.1, 0.15) is 23.0 Å². The summed E-state index contributed by atoms with van der Waals surface area (Å²) in [5.41, 5.74) is 1.99. The van der Waals surface area contributed by atoms with Gasteiger partial charge in [-0.15, -0.1) is 0 Å². The quantitative estimate of drug-likeness (QED) is 0.623. The second-order valence-electron chi connectivity index (χ2n) is 7.72. The number of nitrogens with zero attached hydrogens (tertiary/aromatic N) is 2. The molecule has 3 rings (SSSR count). The van der Waals surface area contributed by atoms with Gasteiger partial charge in [0.05, 0.1) is 0 Å². The van der Waals surface area contributed by atoms with Crippen molar-refractivity contribution in [2.75, 3.05) is 10.6 Å². The van der Waals surface area contributed by atoms with Gasteiger partial charge in [-0.25, -0.2) is 18.7 Å². The summed E-state index contributed by atoms with van der Waals surface area (Å²) in [5.74, 6) is -2.24. The Morgan fingerprint density at radius 3 is 2.17 bits per heavy atom. The molecule has 0 saturated carbocycles. The van der Waals surface area contributed by atoms with Crippen molar-refractivity contribution in [2.24, 2.45) is 0 Å². The second-order valence-corrected chi connectivity index (χ2v) is 7.72. The summed E-state index contributed by atoms with van der Waals surface area (Å²) < 4.78 is 27.6. The lowest BCUT2D eigenvalue weighted by molar-refractivity contribution is 0.102. The van der Waals surface area contributed by atoms with Crippen LogP contribution < -0.4 is 10.6 Å². The van der Waals surface area contributed by atoms with Crippen molar-refractivity contribution in [3.05, 3.63) is 77.1 Å². The number of aryl methyl sites for hydroxylation is 1. The van der Waals surface area contributed by atoms with Crippen molar-refractivity contribution in [2.45, 2.75) is 33.1 Å². The number of nitrogens with one attached hydrogen (secondary N) is 2. The van der Waals surface area contributed by atoms with E-state index in [0.29, 0.717) is 5.69 Å². The smallest absolute Gasteiger partial charge is 0.274 e. The molecule has 0 spiro atoms. The molecule has 7 heteroatoms. The van der Waals surface area contributed by atoms with Gasteiger partial charge in [-0.3, -0.25) is 4.79 Å². The molecule has 0 saturated heterocycles. The zero-order valence-electron chi connectivity index (χ0n) is 16.7. The number of aromatic nitrogens is 2. The number of anilines is 3. The molecule has 0 fully saturated rings. The molecule has 0 aliphatic carbocycles. The molecule has 0 aliphatic rings. The summed E-state index contributed by atoms with van der Waals surface area (Å²) in [6, 6.07) is 12.6. The maximum Gasteiger partial charge on any atom is 0.274 e. The molecule has 1 amide bonds. The molecular weight excluding hydrogens is 374 g/mol. The van der Waals surface area contributed by atoms with E-state index in [2.05, 4.69) is 41.4 Å². The van der Waals surface area contributed by atoms with Crippen molar-refractivity contribution in [3.8, 4) is 0 Å². The number of para-hydroxylation sites is 1. The van der Waals surface area contributed by atoms with Crippen molar-refractivity contribution >= 4 is 23.2 Å². The summed E-state index contributed by atoms with van der Waals surface area (Å²) in [4.78, 5) is 20.9. The van der Waals surface area contributed by atoms with Gasteiger partial charge in [-0.1, -0.05) is 39.0 Å². The van der Waals surface area contributed by atoms with Crippen LogP contribution >= 0.6 is 0 Å². The van der Waals surface area contributed by atoms with E-state index >= 15 is 0 Å². The SMILES string of the molecule is Cc1cc(C(=O)Nc2c(F)cccc2F)nc(Nc2ccc(C(C)(C)C)cc2)n1. The zero-order chi connectivity index (χ0) is 21.2. The lowest BCUT2D eigenvalue weighted by Gasteiger charge is -2.19. The fourth-order valence-corrected chi connectivity index (χ4v) is 2.72. The van der Waals surface area contributed by atoms with E-state index in [1.165, 1.54) is 17.7 Å². The number of rotatable bonds is 4. The molecule has 1 heterocycles. The third-order valence-electron chi connectivity index (χ3n) is 4.30. The summed E-state index contributed by atoms with van der Waals surface area (Å²) in [5, 5.41) is 5.29. The Bertz CT molecular complexity index is 1020. The lowest BCUT2D eigenvalue weighted by Crippen LogP contribution is -2.17. The fraction of sp³-hybridized carbons (Fsp3) is 0.227. The molecule has 0 unspecified atom stereocenters. The van der Waals surface area contributed by atoms with Crippen LogP contribution in [-0.4, -0.2) is 15.9 Å². The van der Waals surface area contributed by atoms with Crippen LogP contribution in [0.3, 0.4) is 0 Å². The minimum Gasteiger partial charge on any atom is -0.324 e. The molecule has 0 radical (unpaired) electrons. The Balaban J connectivity index is 1.82. The van der Waals surface area contributed by atoms with Gasteiger partial charge in [-0.05, 0) is 48.2 Å². The maximum atomic E-state index is 13.8. The Labute approximate surface area is 168 Å². The molecule has 0 bridgehead atoms. The molecule has 2 N–H and O–H groups in total. The molecule has 5 nitrogen and oxygen atoms in total. The van der Waals surface area contributed by atoms with Gasteiger partial charge in [0.25, 0.3) is 5.91 Å². The minimum absolute atomic E-state index is 0.00559. The van der Waals surface area contributed by atoms with E-state index < -0.39 is 23.2 Å². The van der Waals surface area contributed by atoms with Gasteiger partial charge in [0.15, 0.2) is 0 Å². The van der Waals surface area contributed by atoms with Gasteiger partial charge in [0, 0.05) is 11.4 Å². The summed E-state index contributed by atoms with van der Waals surface area (Å²) in [6.45, 7) is 8.09. The molecule has 0 atom stereocenters. The van der Waals surface area contributed by atoms with E-state index in [0.717, 1.165) is 17.8 Å². The van der Waals surface area contributed by atoms with Gasteiger partial charge in [0.2, 0.25) is 5.95 Å². The third-order valence-corrected chi connectivity index (χ3v) is 4.30. The second kappa shape index (κ2) is 7.95. The highest BCUT2D eigenvalue weighted by atomic mass is 19.1. The third kappa shape index (κ3) is 4.93. The first-order chi connectivity index (χ1) is 13.6. The maximum absolute atomic E-state index is 13.8. The van der Waals surface area contributed by atoms with Crippen LogP contribution in [0.4, 0.5) is 26.1 Å². The lowest BCUT2D eigenvalue weighted by atomic mass is 9.87. The topological polar surface area (TPSA) is 66.9 Å². The number of carbonyl (C=O) groups is 1. The van der Waals surface area contributed by atoms with Crippen molar-refractivity contribution < 1.29 is 13.6 Å². The van der Waals surface area contributed by atoms with Crippen LogP contribution in [0, 0.1) is 18.6 Å². The number of hydrogen-bond donors (Lipinski definition) is 2. The summed E-state index contributed by atoms with van der Waals surface area (Å²) >= 11 is 0. The molecule has 150 valence electrons. The Morgan fingerprint density at radius 2 is 1.59 bits per heavy atom. The van der Waals surface area contributed by atoms with E-state index in [-0.39, 0.29) is 17.1 Å². The molecule has 29 heavy (non-hydrogen) atoms. The van der Waals surface area contributed by atoms with Crippen molar-refractivity contribution in [1.82, 2.24) is 9.97 Å². The minimum atomic E-state index is -0.860. The largest absolute Gasteiger partial charge is 0.324 e. The Morgan fingerprint density at radius 1 is 0.966 bits per heavy atom. The predicted octanol–water partition coefficient (Wildman–Crippen LogP) is 5.36. The first-order valence-electron chi connectivity index (χ1n) is 9.12. The van der Waals surface area contributed by atoms with E-state index in [1.807, 2.05) is 24.3 Å². The van der Waals surface area contributed by atoms with Gasteiger partial charge < -0.3 is 10.6 Å². The molecule has 0 aliphatic heterocycles. The molecule has 2 aromatic carbocycles. The van der Waals surface area contributed by atoms with Gasteiger partial charge >= 0.3 is 0 Å². The van der Waals surface area contributed by atoms with Gasteiger partial charge in [-0.2, -0.15) is 0 Å². The van der Waals surface area contributed by atoms with Crippen LogP contribution in [-0.2, 0) is 5.41 Å². The van der Waals surface area contributed by atoms with Crippen LogP contribution in [0.25, 0.3) is 0 Å². The van der Waals surface area contributed by atoms with E-state index in [9.17, 15) is 13.6 Å². The normalized spacial score (nSPS) is 11.2. The number of hydrogen-bond acceptors (Lipinski definition) is 4. The van der Waals surface area contributed by atoms with Crippen molar-refractivity contribution in [1.29, 1.82) is 0 Å². The number of amides is 1. The highest BCUT2D eigenvalue weighted by Gasteiger charge is 2.16. The first-order valence-corrected chi connectivity index (χ1v) is 9.12. The summed E-state index contributed by atoms with van der Waals surface area (Å²) in [7, 11) is 0. The van der Waals surface area contributed by atoms with Crippen LogP contribution in [0.1, 0.15) is 42.5 Å². The standard InChI is InChI=1S/C22H22F2N4O/c1-13-12-18(20(29)28-19-16(23)6-5-7-17(19)24)27-21(25-13)26-15-10-8-14(9-11-15)22(2,3)4/h5-12H,1-4H3,(H,28,29)(H,25,26,27). The molecule has 1 aromatic heterocycles. The number of halogens is 2. The summed E-state index contributed by atoms with van der Waals surface area (Å²) in [6.07, 6.45) is 0. The average molecular weight is 396 g/mol. The Kier molecular flexibility index (Phi) is 5.59. The highest BCUT2D eigenvalue weighted by molar-refractivity contribution is 6.03. The van der Waals surface area contributed by atoms with E-state index in [1.54, 1.807) is 6.92 Å². The number of benzene rings is 2. The zero-order valence-corrected chi connectivity index (χ0v) is 16.7. The van der Waals surface area contributed by atoms with Crippen molar-refractivity contribution in [3.63, 3.8) is 0 Å². The molecular formula is C22H22F2N4O.